The predicted molar refractivity (Wildman–Crippen MR) is 123 cm³/mol. The zero-order valence-corrected chi connectivity index (χ0v) is 19.6. The first kappa shape index (κ1) is 30.0. The Labute approximate surface area is 196 Å². The van der Waals surface area contributed by atoms with Crippen molar-refractivity contribution in [1.82, 2.24) is 16.0 Å². The smallest absolute Gasteiger partial charge is 0.326 e. The van der Waals surface area contributed by atoms with Crippen molar-refractivity contribution in [2.45, 2.75) is 56.3 Å². The van der Waals surface area contributed by atoms with E-state index in [2.05, 4.69) is 28.6 Å². The first-order chi connectivity index (χ1) is 15.1. The second-order valence-electron chi connectivity index (χ2n) is 6.97. The summed E-state index contributed by atoms with van der Waals surface area (Å²) in [7, 11) is 0. The van der Waals surface area contributed by atoms with Gasteiger partial charge in [-0.25, -0.2) is 4.79 Å². The topological polar surface area (TPSA) is 214 Å². The number of carboxylic acids is 2. The van der Waals surface area contributed by atoms with Crippen molar-refractivity contribution < 1.29 is 34.2 Å². The molecular formula is C18H33N5O7S2. The van der Waals surface area contributed by atoms with Crippen molar-refractivity contribution in [3.8, 4) is 0 Å². The molecule has 9 N–H and O–H groups in total. The summed E-state index contributed by atoms with van der Waals surface area (Å²) in [6.07, 6.45) is 2.33. The van der Waals surface area contributed by atoms with Crippen molar-refractivity contribution in [3.63, 3.8) is 0 Å². The van der Waals surface area contributed by atoms with E-state index in [9.17, 15) is 29.1 Å². The number of carboxylic acid groups (broad SMARTS) is 2. The van der Waals surface area contributed by atoms with Crippen LogP contribution in [0.3, 0.4) is 0 Å². The fraction of sp³-hybridized carbons (Fsp3) is 0.722. The number of thiol groups is 1. The molecule has 0 bridgehead atoms. The normalized spacial score (nSPS) is 14.5. The summed E-state index contributed by atoms with van der Waals surface area (Å²) in [5, 5.41) is 25.5. The van der Waals surface area contributed by atoms with Crippen LogP contribution in [0.25, 0.3) is 0 Å². The molecule has 0 radical (unpaired) electrons. The number of nitrogens with one attached hydrogen (secondary N) is 3. The minimum absolute atomic E-state index is 0.0491. The number of thioether (sulfide) groups is 1. The zero-order chi connectivity index (χ0) is 24.7. The molecule has 4 unspecified atom stereocenters. The molecule has 0 rings (SSSR count). The zero-order valence-electron chi connectivity index (χ0n) is 17.9. The van der Waals surface area contributed by atoms with Gasteiger partial charge in [-0.15, -0.1) is 0 Å². The third-order valence-electron chi connectivity index (χ3n) is 4.35. The van der Waals surface area contributed by atoms with Gasteiger partial charge in [-0.1, -0.05) is 0 Å². The molecule has 0 spiro atoms. The summed E-state index contributed by atoms with van der Waals surface area (Å²) in [5.41, 5.74) is 11.0. The summed E-state index contributed by atoms with van der Waals surface area (Å²) in [5.74, 6) is -4.48. The van der Waals surface area contributed by atoms with Gasteiger partial charge in [-0.2, -0.15) is 24.4 Å². The molecule has 0 saturated heterocycles. The van der Waals surface area contributed by atoms with E-state index < -0.39 is 60.2 Å². The van der Waals surface area contributed by atoms with Crippen LogP contribution in [0, 0.1) is 0 Å². The third-order valence-corrected chi connectivity index (χ3v) is 5.39. The standard InChI is InChI=1S/C18H33N5O7S2/c1-32-7-5-11(21-15(26)10(20)9-31)16(27)23-13(8-14(24)25)17(28)22-12(18(29)30)4-2-3-6-19/h10-13,31H,2-9,19-20H2,1H3,(H,21,26)(H,22,28)(H,23,27)(H,24,25)(H,29,30). The van der Waals surface area contributed by atoms with E-state index in [0.29, 0.717) is 25.1 Å². The van der Waals surface area contributed by atoms with Crippen molar-refractivity contribution in [3.05, 3.63) is 0 Å². The summed E-state index contributed by atoms with van der Waals surface area (Å²) in [6, 6.07) is -4.82. The average Bonchev–Trinajstić information content (AvgIpc) is 2.73. The van der Waals surface area contributed by atoms with Crippen molar-refractivity contribution in [1.29, 1.82) is 0 Å². The number of amides is 3. The van der Waals surface area contributed by atoms with E-state index >= 15 is 0 Å². The Kier molecular flexibility index (Phi) is 15.5. The third kappa shape index (κ3) is 12.1. The Morgan fingerprint density at radius 3 is 1.97 bits per heavy atom. The Morgan fingerprint density at radius 2 is 1.47 bits per heavy atom. The lowest BCUT2D eigenvalue weighted by molar-refractivity contribution is -0.143. The average molecular weight is 496 g/mol. The maximum atomic E-state index is 12.7. The van der Waals surface area contributed by atoms with Crippen LogP contribution in [0.2, 0.25) is 0 Å². The van der Waals surface area contributed by atoms with Gasteiger partial charge in [0.25, 0.3) is 0 Å². The largest absolute Gasteiger partial charge is 0.481 e. The summed E-state index contributed by atoms with van der Waals surface area (Å²) < 4.78 is 0. The maximum Gasteiger partial charge on any atom is 0.326 e. The van der Waals surface area contributed by atoms with Crippen molar-refractivity contribution >= 4 is 54.1 Å². The SMILES string of the molecule is CSCCC(NC(=O)C(N)CS)C(=O)NC(CC(=O)O)C(=O)NC(CCCCN)C(=O)O. The van der Waals surface area contributed by atoms with Crippen molar-refractivity contribution in [2.24, 2.45) is 11.5 Å². The van der Waals surface area contributed by atoms with Crippen LogP contribution in [0.15, 0.2) is 0 Å². The molecule has 0 aliphatic carbocycles. The summed E-state index contributed by atoms with van der Waals surface area (Å²) in [6.45, 7) is 0.359. The van der Waals surface area contributed by atoms with E-state index in [-0.39, 0.29) is 18.6 Å². The molecule has 4 atom stereocenters. The highest BCUT2D eigenvalue weighted by Gasteiger charge is 2.31. The van der Waals surface area contributed by atoms with Gasteiger partial charge in [-0.3, -0.25) is 19.2 Å². The minimum Gasteiger partial charge on any atom is -0.481 e. The van der Waals surface area contributed by atoms with E-state index in [1.165, 1.54) is 11.8 Å². The molecule has 0 aromatic carbocycles. The number of hydrogen-bond donors (Lipinski definition) is 8. The Balaban J connectivity index is 5.37. The maximum absolute atomic E-state index is 12.7. The predicted octanol–water partition coefficient (Wildman–Crippen LogP) is -1.86. The molecule has 32 heavy (non-hydrogen) atoms. The number of hydrogen-bond acceptors (Lipinski definition) is 9. The van der Waals surface area contributed by atoms with Gasteiger partial charge in [0.15, 0.2) is 0 Å². The van der Waals surface area contributed by atoms with Gasteiger partial charge in [0.2, 0.25) is 17.7 Å². The molecule has 0 aliphatic rings. The number of carbonyl (C=O) groups is 5. The fourth-order valence-electron chi connectivity index (χ4n) is 2.54. The lowest BCUT2D eigenvalue weighted by Gasteiger charge is -2.24. The van der Waals surface area contributed by atoms with Crippen LogP contribution < -0.4 is 27.4 Å². The van der Waals surface area contributed by atoms with Crippen LogP contribution in [-0.4, -0.2) is 88.3 Å². The van der Waals surface area contributed by atoms with Crippen LogP contribution in [-0.2, 0) is 24.0 Å². The van der Waals surface area contributed by atoms with Crippen LogP contribution in [0.4, 0.5) is 0 Å². The second-order valence-corrected chi connectivity index (χ2v) is 8.33. The van der Waals surface area contributed by atoms with Crippen molar-refractivity contribution in [2.75, 3.05) is 24.3 Å². The number of nitrogens with two attached hydrogens (primary N) is 2. The minimum atomic E-state index is -1.54. The van der Waals surface area contributed by atoms with Gasteiger partial charge in [-0.05, 0) is 44.2 Å². The van der Waals surface area contributed by atoms with Gasteiger partial charge < -0.3 is 37.6 Å². The molecule has 0 heterocycles. The highest BCUT2D eigenvalue weighted by atomic mass is 32.2. The van der Waals surface area contributed by atoms with Crippen LogP contribution in [0.5, 0.6) is 0 Å². The lowest BCUT2D eigenvalue weighted by Crippen LogP contribution is -2.57. The van der Waals surface area contributed by atoms with Crippen LogP contribution in [0.1, 0.15) is 32.1 Å². The molecule has 0 saturated carbocycles. The summed E-state index contributed by atoms with van der Waals surface area (Å²) in [4.78, 5) is 60.0. The highest BCUT2D eigenvalue weighted by molar-refractivity contribution is 7.98. The first-order valence-corrected chi connectivity index (χ1v) is 12.0. The molecule has 14 heteroatoms. The Bertz CT molecular complexity index is 653. The Hall–Kier alpha value is -2.03. The lowest BCUT2D eigenvalue weighted by atomic mass is 10.1. The molecule has 12 nitrogen and oxygen atoms in total. The van der Waals surface area contributed by atoms with E-state index in [4.69, 9.17) is 16.6 Å². The van der Waals surface area contributed by atoms with Gasteiger partial charge >= 0.3 is 11.9 Å². The van der Waals surface area contributed by atoms with E-state index in [1.807, 2.05) is 0 Å². The Morgan fingerprint density at radius 1 is 0.906 bits per heavy atom. The molecule has 184 valence electrons. The quantitative estimate of drug-likeness (QED) is 0.0831. The number of unbranched alkanes of at least 4 members (excludes halogenated alkanes) is 1. The molecule has 0 aromatic rings. The second kappa shape index (κ2) is 16.6. The fourth-order valence-corrected chi connectivity index (χ4v) is 3.18. The summed E-state index contributed by atoms with van der Waals surface area (Å²) >= 11 is 5.35. The molecule has 0 fully saturated rings. The number of aliphatic carboxylic acids is 2. The monoisotopic (exact) mass is 495 g/mol. The van der Waals surface area contributed by atoms with Crippen LogP contribution >= 0.6 is 24.4 Å². The van der Waals surface area contributed by atoms with E-state index in [0.717, 1.165) is 0 Å². The molecular weight excluding hydrogens is 462 g/mol. The van der Waals surface area contributed by atoms with Gasteiger partial charge in [0.05, 0.1) is 12.5 Å². The molecule has 0 aromatic heterocycles. The number of rotatable bonds is 17. The van der Waals surface area contributed by atoms with Gasteiger partial charge in [0.1, 0.15) is 18.1 Å². The molecule has 0 aliphatic heterocycles. The van der Waals surface area contributed by atoms with Gasteiger partial charge in [0, 0.05) is 5.75 Å². The van der Waals surface area contributed by atoms with E-state index in [1.54, 1.807) is 6.26 Å². The highest BCUT2D eigenvalue weighted by Crippen LogP contribution is 2.06. The number of carbonyl (C=O) groups excluding carboxylic acids is 3. The first-order valence-electron chi connectivity index (χ1n) is 9.98. The molecule has 3 amide bonds.